The molecule has 4 nitrogen and oxygen atoms in total. The zero-order valence-corrected chi connectivity index (χ0v) is 9.50. The van der Waals surface area contributed by atoms with E-state index in [9.17, 15) is 4.79 Å². The van der Waals surface area contributed by atoms with Gasteiger partial charge in [-0.05, 0) is 39.8 Å². The second-order valence-electron chi connectivity index (χ2n) is 4.40. The standard InChI is InChI=1S/C11H16N2O2/c1-8-5-6-9(7-12-8)15-10(14)13-11(2,3)4/h5-7H,1-4H3,(H,13,14). The van der Waals surface area contributed by atoms with Crippen molar-refractivity contribution in [3.05, 3.63) is 24.0 Å². The molecule has 0 saturated carbocycles. The molecule has 0 radical (unpaired) electrons. The first-order valence-electron chi connectivity index (χ1n) is 4.79. The van der Waals surface area contributed by atoms with Gasteiger partial charge in [0.1, 0.15) is 0 Å². The number of aromatic nitrogens is 1. The monoisotopic (exact) mass is 208 g/mol. The first-order chi connectivity index (χ1) is 6.87. The lowest BCUT2D eigenvalue weighted by Crippen LogP contribution is -2.42. The molecule has 0 aromatic carbocycles. The Balaban J connectivity index is 2.55. The van der Waals surface area contributed by atoms with Crippen molar-refractivity contribution in [2.75, 3.05) is 0 Å². The third-order valence-electron chi connectivity index (χ3n) is 1.57. The van der Waals surface area contributed by atoms with Crippen LogP contribution in [0.4, 0.5) is 4.79 Å². The number of nitrogens with one attached hydrogen (secondary N) is 1. The molecule has 0 fully saturated rings. The van der Waals surface area contributed by atoms with Gasteiger partial charge in [-0.3, -0.25) is 4.98 Å². The van der Waals surface area contributed by atoms with E-state index in [-0.39, 0.29) is 5.54 Å². The van der Waals surface area contributed by atoms with Gasteiger partial charge >= 0.3 is 6.09 Å². The molecule has 1 aromatic rings. The third kappa shape index (κ3) is 4.44. The van der Waals surface area contributed by atoms with Crippen molar-refractivity contribution < 1.29 is 9.53 Å². The van der Waals surface area contributed by atoms with E-state index in [0.29, 0.717) is 5.75 Å². The van der Waals surface area contributed by atoms with Crippen molar-refractivity contribution in [1.82, 2.24) is 10.3 Å². The van der Waals surface area contributed by atoms with Crippen molar-refractivity contribution in [2.24, 2.45) is 0 Å². The van der Waals surface area contributed by atoms with Crippen molar-refractivity contribution in [3.63, 3.8) is 0 Å². The summed E-state index contributed by atoms with van der Waals surface area (Å²) in [5, 5.41) is 2.69. The number of ether oxygens (including phenoxy) is 1. The zero-order valence-electron chi connectivity index (χ0n) is 9.50. The molecule has 1 rings (SSSR count). The summed E-state index contributed by atoms with van der Waals surface area (Å²) in [5.41, 5.74) is 0.591. The second-order valence-corrected chi connectivity index (χ2v) is 4.40. The minimum atomic E-state index is -0.465. The molecule has 4 heteroatoms. The molecule has 0 saturated heterocycles. The summed E-state index contributed by atoms with van der Waals surface area (Å²) in [6.45, 7) is 7.55. The fourth-order valence-corrected chi connectivity index (χ4v) is 0.953. The van der Waals surface area contributed by atoms with Gasteiger partial charge in [0.15, 0.2) is 5.75 Å². The lowest BCUT2D eigenvalue weighted by molar-refractivity contribution is 0.190. The van der Waals surface area contributed by atoms with E-state index in [1.54, 1.807) is 12.1 Å². The summed E-state index contributed by atoms with van der Waals surface area (Å²) in [7, 11) is 0. The molecule has 0 aliphatic heterocycles. The van der Waals surface area contributed by atoms with Crippen LogP contribution in [-0.2, 0) is 0 Å². The molecule has 1 aromatic heterocycles. The fourth-order valence-electron chi connectivity index (χ4n) is 0.953. The number of pyridine rings is 1. The molecule has 1 heterocycles. The molecule has 0 bridgehead atoms. The number of nitrogens with zero attached hydrogens (tertiary/aromatic N) is 1. The van der Waals surface area contributed by atoms with Gasteiger partial charge in [0.25, 0.3) is 0 Å². The summed E-state index contributed by atoms with van der Waals surface area (Å²) in [4.78, 5) is 15.4. The molecule has 0 aliphatic rings. The van der Waals surface area contributed by atoms with E-state index >= 15 is 0 Å². The maximum atomic E-state index is 11.4. The van der Waals surface area contributed by atoms with Crippen LogP contribution in [0.15, 0.2) is 18.3 Å². The number of aryl methyl sites for hydroxylation is 1. The van der Waals surface area contributed by atoms with E-state index in [2.05, 4.69) is 10.3 Å². The average Bonchev–Trinajstić information content (AvgIpc) is 2.05. The van der Waals surface area contributed by atoms with Crippen molar-refractivity contribution in [1.29, 1.82) is 0 Å². The van der Waals surface area contributed by atoms with Crippen LogP contribution in [0.1, 0.15) is 26.5 Å². The zero-order chi connectivity index (χ0) is 11.5. The Bertz CT molecular complexity index is 339. The normalized spacial score (nSPS) is 10.9. The average molecular weight is 208 g/mol. The molecule has 1 N–H and O–H groups in total. The Morgan fingerprint density at radius 2 is 2.07 bits per heavy atom. The third-order valence-corrected chi connectivity index (χ3v) is 1.57. The predicted octanol–water partition coefficient (Wildman–Crippen LogP) is 2.28. The summed E-state index contributed by atoms with van der Waals surface area (Å²) < 4.78 is 5.03. The highest BCUT2D eigenvalue weighted by atomic mass is 16.6. The first-order valence-corrected chi connectivity index (χ1v) is 4.79. The van der Waals surface area contributed by atoms with Gasteiger partial charge in [-0.1, -0.05) is 0 Å². The van der Waals surface area contributed by atoms with Crippen molar-refractivity contribution in [3.8, 4) is 5.75 Å². The Labute approximate surface area is 89.7 Å². The molecule has 1 amide bonds. The SMILES string of the molecule is Cc1ccc(OC(=O)NC(C)(C)C)cn1. The molecule has 15 heavy (non-hydrogen) atoms. The van der Waals surface area contributed by atoms with E-state index in [0.717, 1.165) is 5.69 Å². The number of hydrogen-bond acceptors (Lipinski definition) is 3. The Morgan fingerprint density at radius 1 is 1.40 bits per heavy atom. The fraction of sp³-hybridized carbons (Fsp3) is 0.455. The molecular weight excluding hydrogens is 192 g/mol. The van der Waals surface area contributed by atoms with E-state index < -0.39 is 6.09 Å². The first kappa shape index (κ1) is 11.5. The van der Waals surface area contributed by atoms with Crippen molar-refractivity contribution >= 4 is 6.09 Å². The Hall–Kier alpha value is -1.58. The Kier molecular flexibility index (Phi) is 3.29. The minimum absolute atomic E-state index is 0.296. The van der Waals surface area contributed by atoms with E-state index in [1.807, 2.05) is 27.7 Å². The van der Waals surface area contributed by atoms with Crippen LogP contribution in [0.25, 0.3) is 0 Å². The minimum Gasteiger partial charge on any atom is -0.409 e. The molecule has 82 valence electrons. The highest BCUT2D eigenvalue weighted by molar-refractivity contribution is 5.70. The number of carbonyl (C=O) groups is 1. The van der Waals surface area contributed by atoms with Crippen LogP contribution >= 0.6 is 0 Å². The number of rotatable bonds is 1. The van der Waals surface area contributed by atoms with E-state index in [4.69, 9.17) is 4.74 Å². The summed E-state index contributed by atoms with van der Waals surface area (Å²) in [6, 6.07) is 3.50. The van der Waals surface area contributed by atoms with Crippen LogP contribution in [-0.4, -0.2) is 16.6 Å². The Morgan fingerprint density at radius 3 is 2.53 bits per heavy atom. The van der Waals surface area contributed by atoms with Gasteiger partial charge in [-0.25, -0.2) is 4.79 Å². The van der Waals surface area contributed by atoms with Gasteiger partial charge < -0.3 is 10.1 Å². The smallest absolute Gasteiger partial charge is 0.409 e. The summed E-state index contributed by atoms with van der Waals surface area (Å²) >= 11 is 0. The lowest BCUT2D eigenvalue weighted by atomic mass is 10.1. The largest absolute Gasteiger partial charge is 0.413 e. The van der Waals surface area contributed by atoms with Gasteiger partial charge in [0, 0.05) is 11.2 Å². The van der Waals surface area contributed by atoms with Crippen LogP contribution < -0.4 is 10.1 Å². The number of hydrogen-bond donors (Lipinski definition) is 1. The van der Waals surface area contributed by atoms with E-state index in [1.165, 1.54) is 6.20 Å². The predicted molar refractivity (Wildman–Crippen MR) is 57.9 cm³/mol. The van der Waals surface area contributed by atoms with Gasteiger partial charge in [-0.15, -0.1) is 0 Å². The maximum absolute atomic E-state index is 11.4. The summed E-state index contributed by atoms with van der Waals surface area (Å²) in [6.07, 6.45) is 1.06. The molecule has 0 atom stereocenters. The quantitative estimate of drug-likeness (QED) is 0.770. The van der Waals surface area contributed by atoms with Crippen LogP contribution in [0.3, 0.4) is 0 Å². The highest BCUT2D eigenvalue weighted by Crippen LogP contribution is 2.09. The topological polar surface area (TPSA) is 51.2 Å². The van der Waals surface area contributed by atoms with Crippen LogP contribution in [0.2, 0.25) is 0 Å². The summed E-state index contributed by atoms with van der Waals surface area (Å²) in [5.74, 6) is 0.447. The van der Waals surface area contributed by atoms with Crippen LogP contribution in [0, 0.1) is 6.92 Å². The molecule has 0 unspecified atom stereocenters. The highest BCUT2D eigenvalue weighted by Gasteiger charge is 2.15. The number of amides is 1. The molecule has 0 spiro atoms. The molecule has 0 aliphatic carbocycles. The molecular formula is C11H16N2O2. The van der Waals surface area contributed by atoms with Gasteiger partial charge in [-0.2, -0.15) is 0 Å². The lowest BCUT2D eigenvalue weighted by Gasteiger charge is -2.19. The van der Waals surface area contributed by atoms with Crippen LogP contribution in [0.5, 0.6) is 5.75 Å². The second kappa shape index (κ2) is 4.29. The number of carbonyl (C=O) groups excluding carboxylic acids is 1. The van der Waals surface area contributed by atoms with Gasteiger partial charge in [0.2, 0.25) is 0 Å². The maximum Gasteiger partial charge on any atom is 0.413 e. The van der Waals surface area contributed by atoms with Crippen molar-refractivity contribution in [2.45, 2.75) is 33.2 Å². The van der Waals surface area contributed by atoms with Gasteiger partial charge in [0.05, 0.1) is 6.20 Å².